The van der Waals surface area contributed by atoms with Crippen LogP contribution in [0, 0.1) is 0 Å². The van der Waals surface area contributed by atoms with Crippen molar-refractivity contribution in [3.05, 3.63) is 36.7 Å². The Labute approximate surface area is 143 Å². The van der Waals surface area contributed by atoms with Crippen LogP contribution in [0.5, 0.6) is 0 Å². The molecule has 2 heterocycles. The van der Waals surface area contributed by atoms with E-state index in [9.17, 15) is 4.79 Å². The van der Waals surface area contributed by atoms with Crippen LogP contribution in [0.25, 0.3) is 16.9 Å². The molecule has 0 spiro atoms. The minimum absolute atomic E-state index is 0.243. The molecule has 0 N–H and O–H groups in total. The van der Waals surface area contributed by atoms with Crippen molar-refractivity contribution < 1.29 is 9.53 Å². The van der Waals surface area contributed by atoms with Crippen molar-refractivity contribution in [3.8, 4) is 5.69 Å². The van der Waals surface area contributed by atoms with Crippen LogP contribution in [-0.4, -0.2) is 42.8 Å². The maximum Gasteiger partial charge on any atom is 0.319 e. The van der Waals surface area contributed by atoms with E-state index >= 15 is 0 Å². The first-order chi connectivity index (χ1) is 11.7. The molecule has 7 nitrogen and oxygen atoms in total. The molecule has 1 aromatic carbocycles. The van der Waals surface area contributed by atoms with Gasteiger partial charge in [-0.25, -0.2) is 9.97 Å². The summed E-state index contributed by atoms with van der Waals surface area (Å²) in [5, 5.41) is 8.68. The molecule has 3 rings (SSSR count). The molecule has 8 heteroatoms. The molecule has 3 aromatic rings. The minimum Gasteiger partial charge on any atom is -0.465 e. The number of para-hydroxylation sites is 1. The summed E-state index contributed by atoms with van der Waals surface area (Å²) < 4.78 is 6.77. The van der Waals surface area contributed by atoms with Crippen LogP contribution in [0.15, 0.2) is 41.7 Å². The number of benzene rings is 1. The molecule has 1 atom stereocenters. The summed E-state index contributed by atoms with van der Waals surface area (Å²) in [6, 6.07) is 9.64. The molecule has 0 amide bonds. The highest BCUT2D eigenvalue weighted by Crippen LogP contribution is 2.29. The van der Waals surface area contributed by atoms with Gasteiger partial charge in [-0.2, -0.15) is 4.68 Å². The molecule has 0 unspecified atom stereocenters. The van der Waals surface area contributed by atoms with E-state index in [1.54, 1.807) is 11.6 Å². The average molecular weight is 343 g/mol. The number of hydrogen-bond acceptors (Lipinski definition) is 7. The van der Waals surface area contributed by atoms with Crippen molar-refractivity contribution in [2.75, 3.05) is 6.61 Å². The summed E-state index contributed by atoms with van der Waals surface area (Å²) in [4.78, 5) is 20.6. The van der Waals surface area contributed by atoms with Crippen LogP contribution in [-0.2, 0) is 9.53 Å². The van der Waals surface area contributed by atoms with E-state index in [1.165, 1.54) is 18.1 Å². The molecule has 0 aliphatic carbocycles. The Hall–Kier alpha value is -2.48. The molecule has 0 saturated heterocycles. The van der Waals surface area contributed by atoms with Crippen molar-refractivity contribution in [3.63, 3.8) is 0 Å². The third-order valence-electron chi connectivity index (χ3n) is 3.38. The lowest BCUT2D eigenvalue weighted by molar-refractivity contribution is -0.142. The van der Waals surface area contributed by atoms with Crippen molar-refractivity contribution in [2.45, 2.75) is 30.5 Å². The normalized spacial score (nSPS) is 12.2. The zero-order valence-corrected chi connectivity index (χ0v) is 14.2. The first-order valence-electron chi connectivity index (χ1n) is 7.69. The second kappa shape index (κ2) is 7.39. The fraction of sp³-hybridized carbons (Fsp3) is 0.312. The van der Waals surface area contributed by atoms with E-state index in [1.807, 2.05) is 37.3 Å². The molecule has 0 aliphatic rings. The van der Waals surface area contributed by atoms with Crippen molar-refractivity contribution >= 4 is 28.9 Å². The Balaban J connectivity index is 1.96. The summed E-state index contributed by atoms with van der Waals surface area (Å²) >= 11 is 1.33. The third-order valence-corrected chi connectivity index (χ3v) is 4.71. The van der Waals surface area contributed by atoms with Gasteiger partial charge in [0.1, 0.15) is 16.6 Å². The lowest BCUT2D eigenvalue weighted by atomic mass is 10.3. The van der Waals surface area contributed by atoms with E-state index in [0.29, 0.717) is 29.2 Å². The van der Waals surface area contributed by atoms with Gasteiger partial charge < -0.3 is 4.74 Å². The van der Waals surface area contributed by atoms with Gasteiger partial charge in [0.05, 0.1) is 12.3 Å². The summed E-state index contributed by atoms with van der Waals surface area (Å²) in [5.41, 5.74) is 2.05. The summed E-state index contributed by atoms with van der Waals surface area (Å²) in [5.74, 6) is -0.243. The fourth-order valence-electron chi connectivity index (χ4n) is 2.23. The van der Waals surface area contributed by atoms with Crippen molar-refractivity contribution in [1.29, 1.82) is 0 Å². The molecule has 0 bridgehead atoms. The number of fused-ring (bicyclic) bond motifs is 1. The molecule has 0 radical (unpaired) electrons. The van der Waals surface area contributed by atoms with Crippen molar-refractivity contribution in [1.82, 2.24) is 25.0 Å². The third kappa shape index (κ3) is 3.23. The second-order valence-corrected chi connectivity index (χ2v) is 6.15. The second-order valence-electron chi connectivity index (χ2n) is 4.95. The van der Waals surface area contributed by atoms with Crippen LogP contribution in [0.3, 0.4) is 0 Å². The van der Waals surface area contributed by atoms with Crippen LogP contribution >= 0.6 is 11.8 Å². The van der Waals surface area contributed by atoms with Crippen LogP contribution < -0.4 is 0 Å². The van der Waals surface area contributed by atoms with Gasteiger partial charge in [0.25, 0.3) is 0 Å². The summed E-state index contributed by atoms with van der Waals surface area (Å²) in [6.07, 6.45) is 2.10. The highest BCUT2D eigenvalue weighted by atomic mass is 32.2. The molecule has 124 valence electrons. The van der Waals surface area contributed by atoms with Gasteiger partial charge in [0, 0.05) is 0 Å². The zero-order valence-electron chi connectivity index (χ0n) is 13.4. The van der Waals surface area contributed by atoms with E-state index in [2.05, 4.69) is 20.3 Å². The first kappa shape index (κ1) is 16.4. The van der Waals surface area contributed by atoms with E-state index in [0.717, 1.165) is 5.69 Å². The monoisotopic (exact) mass is 343 g/mol. The van der Waals surface area contributed by atoms with Gasteiger partial charge in [-0.3, -0.25) is 4.79 Å². The van der Waals surface area contributed by atoms with Gasteiger partial charge in [-0.05, 0) is 25.5 Å². The Morgan fingerprint density at radius 1 is 1.25 bits per heavy atom. The maximum absolute atomic E-state index is 12.0. The average Bonchev–Trinajstić information content (AvgIpc) is 3.05. The van der Waals surface area contributed by atoms with Gasteiger partial charge in [-0.15, -0.1) is 5.10 Å². The number of thioether (sulfide) groups is 1. The SMILES string of the molecule is CCOC(=O)[C@@H](CC)Sc1ncnc2c1nnn2-c1ccccc1. The topological polar surface area (TPSA) is 82.8 Å². The lowest BCUT2D eigenvalue weighted by Crippen LogP contribution is -2.19. The van der Waals surface area contributed by atoms with Gasteiger partial charge in [0.2, 0.25) is 0 Å². The fourth-order valence-corrected chi connectivity index (χ4v) is 3.18. The Morgan fingerprint density at radius 3 is 2.75 bits per heavy atom. The van der Waals surface area contributed by atoms with Gasteiger partial charge >= 0.3 is 5.97 Å². The Bertz CT molecular complexity index is 837. The maximum atomic E-state index is 12.0. The summed E-state index contributed by atoms with van der Waals surface area (Å²) in [7, 11) is 0. The molecule has 24 heavy (non-hydrogen) atoms. The van der Waals surface area contributed by atoms with E-state index in [4.69, 9.17) is 4.74 Å². The van der Waals surface area contributed by atoms with Crippen molar-refractivity contribution in [2.24, 2.45) is 0 Å². The molecular formula is C16H17N5O2S. The number of esters is 1. The zero-order chi connectivity index (χ0) is 16.9. The lowest BCUT2D eigenvalue weighted by Gasteiger charge is -2.12. The number of ether oxygens (including phenoxy) is 1. The van der Waals surface area contributed by atoms with Crippen LogP contribution in [0.1, 0.15) is 20.3 Å². The highest BCUT2D eigenvalue weighted by Gasteiger charge is 2.23. The Morgan fingerprint density at radius 2 is 2.04 bits per heavy atom. The smallest absolute Gasteiger partial charge is 0.319 e. The number of carbonyl (C=O) groups is 1. The van der Waals surface area contributed by atoms with E-state index in [-0.39, 0.29) is 11.2 Å². The van der Waals surface area contributed by atoms with Crippen LogP contribution in [0.2, 0.25) is 0 Å². The predicted octanol–water partition coefficient (Wildman–Crippen LogP) is 2.64. The quantitative estimate of drug-likeness (QED) is 0.386. The Kier molecular flexibility index (Phi) is 5.05. The molecule has 2 aromatic heterocycles. The number of carbonyl (C=O) groups excluding carboxylic acids is 1. The molecule has 0 aliphatic heterocycles. The van der Waals surface area contributed by atoms with Gasteiger partial charge in [-0.1, -0.05) is 42.1 Å². The number of nitrogens with zero attached hydrogens (tertiary/aromatic N) is 5. The predicted molar refractivity (Wildman–Crippen MR) is 91.0 cm³/mol. The van der Waals surface area contributed by atoms with Crippen LogP contribution in [0.4, 0.5) is 0 Å². The molecular weight excluding hydrogens is 326 g/mol. The standard InChI is InChI=1S/C16H17N5O2S/c1-3-12(16(22)23-4-2)24-15-13-14(17-10-18-15)21(20-19-13)11-8-6-5-7-9-11/h5-10,12H,3-4H2,1-2H3/t12-/m1/s1. The molecule has 0 fully saturated rings. The molecule has 0 saturated carbocycles. The minimum atomic E-state index is -0.329. The van der Waals surface area contributed by atoms with Gasteiger partial charge in [0.15, 0.2) is 11.2 Å². The van der Waals surface area contributed by atoms with E-state index < -0.39 is 0 Å². The number of aromatic nitrogens is 5. The highest BCUT2D eigenvalue weighted by molar-refractivity contribution is 8.00. The number of hydrogen-bond donors (Lipinski definition) is 0. The first-order valence-corrected chi connectivity index (χ1v) is 8.57. The summed E-state index contributed by atoms with van der Waals surface area (Å²) in [6.45, 7) is 4.09. The number of rotatable bonds is 6. The largest absolute Gasteiger partial charge is 0.465 e.